The first-order valence-electron chi connectivity index (χ1n) is 5.89. The van der Waals surface area contributed by atoms with Gasteiger partial charge in [-0.2, -0.15) is 0 Å². The van der Waals surface area contributed by atoms with Crippen molar-refractivity contribution in [2.24, 2.45) is 0 Å². The first-order valence-corrected chi connectivity index (χ1v) is 7.93. The van der Waals surface area contributed by atoms with E-state index >= 15 is 0 Å². The van der Waals surface area contributed by atoms with Crippen molar-refractivity contribution >= 4 is 43.3 Å². The smallest absolute Gasteiger partial charge is 0.177 e. The summed E-state index contributed by atoms with van der Waals surface area (Å²) in [6.07, 6.45) is 0. The van der Waals surface area contributed by atoms with Gasteiger partial charge in [0.25, 0.3) is 0 Å². The molecular formula is C13H15Br2NO2. The highest BCUT2D eigenvalue weighted by molar-refractivity contribution is 9.12. The van der Waals surface area contributed by atoms with Gasteiger partial charge in [0.05, 0.1) is 18.0 Å². The zero-order valence-corrected chi connectivity index (χ0v) is 13.1. The summed E-state index contributed by atoms with van der Waals surface area (Å²) in [6.45, 7) is 3.37. The molecule has 0 aliphatic carbocycles. The molecule has 1 aromatic carbocycles. The average Bonchev–Trinajstić information content (AvgIpc) is 2.47. The number of ether oxygens (including phenoxy) is 1. The number of hydrogen-bond acceptors (Lipinski definition) is 3. The summed E-state index contributed by atoms with van der Waals surface area (Å²) in [5.41, 5.74) is 1.90. The number of carbonyl (C=O) groups is 1. The quantitative estimate of drug-likeness (QED) is 0.597. The molecule has 0 bridgehead atoms. The number of rotatable bonds is 4. The van der Waals surface area contributed by atoms with E-state index in [9.17, 15) is 4.79 Å². The van der Waals surface area contributed by atoms with Crippen LogP contribution in [0.3, 0.4) is 0 Å². The maximum absolute atomic E-state index is 12.0. The first-order chi connectivity index (χ1) is 8.72. The lowest BCUT2D eigenvalue weighted by Crippen LogP contribution is -2.36. The van der Waals surface area contributed by atoms with Gasteiger partial charge in [0.1, 0.15) is 0 Å². The molecule has 0 amide bonds. The fraction of sp³-hybridized carbons (Fsp3) is 0.462. The lowest BCUT2D eigenvalue weighted by atomic mass is 10.1. The molecule has 1 aliphatic rings. The summed E-state index contributed by atoms with van der Waals surface area (Å²) in [4.78, 5) is 14.1. The molecule has 1 aromatic rings. The number of anilines is 1. The molecule has 1 aliphatic heterocycles. The van der Waals surface area contributed by atoms with E-state index in [-0.39, 0.29) is 10.6 Å². The molecule has 0 aromatic heterocycles. The highest BCUT2D eigenvalue weighted by atomic mass is 79.9. The summed E-state index contributed by atoms with van der Waals surface area (Å²) in [5, 5.41) is 0.622. The Morgan fingerprint density at radius 1 is 1.28 bits per heavy atom. The summed E-state index contributed by atoms with van der Waals surface area (Å²) < 4.78 is 5.32. The third-order valence-corrected chi connectivity index (χ3v) is 5.20. The van der Waals surface area contributed by atoms with E-state index in [2.05, 4.69) is 36.8 Å². The third-order valence-electron chi connectivity index (χ3n) is 2.95. The average molecular weight is 377 g/mol. The molecule has 1 unspecified atom stereocenters. The van der Waals surface area contributed by atoms with Gasteiger partial charge in [-0.25, -0.2) is 0 Å². The van der Waals surface area contributed by atoms with Crippen molar-refractivity contribution in [2.45, 2.75) is 4.83 Å². The monoisotopic (exact) mass is 375 g/mol. The van der Waals surface area contributed by atoms with Crippen LogP contribution in [0.25, 0.3) is 0 Å². The first kappa shape index (κ1) is 14.0. The third kappa shape index (κ3) is 3.33. The molecule has 0 radical (unpaired) electrons. The fourth-order valence-electron chi connectivity index (χ4n) is 1.91. The lowest BCUT2D eigenvalue weighted by molar-refractivity contribution is 0.0997. The van der Waals surface area contributed by atoms with Crippen LogP contribution in [-0.2, 0) is 4.74 Å². The molecule has 1 fully saturated rings. The fourth-order valence-corrected chi connectivity index (χ4v) is 2.47. The number of Topliss-reactive ketones (excluding diaryl/α,β-unsaturated/α-hetero) is 1. The van der Waals surface area contributed by atoms with Gasteiger partial charge in [0, 0.05) is 29.7 Å². The molecule has 2 rings (SSSR count). The van der Waals surface area contributed by atoms with Crippen molar-refractivity contribution in [1.82, 2.24) is 0 Å². The van der Waals surface area contributed by atoms with Crippen molar-refractivity contribution < 1.29 is 9.53 Å². The number of halogens is 2. The molecule has 0 N–H and O–H groups in total. The molecule has 0 saturated carbocycles. The molecular weight excluding hydrogens is 362 g/mol. The molecule has 3 nitrogen and oxygen atoms in total. The number of morpholine rings is 1. The van der Waals surface area contributed by atoms with Gasteiger partial charge < -0.3 is 9.64 Å². The van der Waals surface area contributed by atoms with E-state index in [1.54, 1.807) is 0 Å². The van der Waals surface area contributed by atoms with E-state index in [0.29, 0.717) is 5.33 Å². The van der Waals surface area contributed by atoms with Crippen LogP contribution in [0.4, 0.5) is 5.69 Å². The Kier molecular flexibility index (Phi) is 5.21. The van der Waals surface area contributed by atoms with E-state index in [1.807, 2.05) is 24.3 Å². The van der Waals surface area contributed by atoms with Gasteiger partial charge >= 0.3 is 0 Å². The SMILES string of the molecule is O=C(c1ccc(N2CCOCC2)cc1)C(Br)CBr. The van der Waals surface area contributed by atoms with Crippen LogP contribution in [0.5, 0.6) is 0 Å². The summed E-state index contributed by atoms with van der Waals surface area (Å²) in [6, 6.07) is 7.80. The Labute approximate surface area is 124 Å². The van der Waals surface area contributed by atoms with Gasteiger partial charge in [-0.05, 0) is 24.3 Å². The summed E-state index contributed by atoms with van der Waals surface area (Å²) in [5.74, 6) is 0.111. The number of ketones is 1. The minimum absolute atomic E-state index is 0.111. The van der Waals surface area contributed by atoms with Crippen LogP contribution in [0.2, 0.25) is 0 Å². The van der Waals surface area contributed by atoms with E-state index < -0.39 is 0 Å². The zero-order valence-electron chi connectivity index (χ0n) is 9.94. The van der Waals surface area contributed by atoms with Gasteiger partial charge in [-0.1, -0.05) is 31.9 Å². The standard InChI is InChI=1S/C13H15Br2NO2/c14-9-12(15)13(17)10-1-3-11(4-2-10)16-5-7-18-8-6-16/h1-4,12H,5-9H2. The van der Waals surface area contributed by atoms with Crippen molar-refractivity contribution in [1.29, 1.82) is 0 Å². The molecule has 18 heavy (non-hydrogen) atoms. The maximum Gasteiger partial charge on any atom is 0.177 e. The maximum atomic E-state index is 12.0. The van der Waals surface area contributed by atoms with Crippen LogP contribution in [-0.4, -0.2) is 42.2 Å². The lowest BCUT2D eigenvalue weighted by Gasteiger charge is -2.28. The van der Waals surface area contributed by atoms with Crippen LogP contribution >= 0.6 is 31.9 Å². The summed E-state index contributed by atoms with van der Waals surface area (Å²) >= 11 is 6.65. The highest BCUT2D eigenvalue weighted by Crippen LogP contribution is 2.19. The second kappa shape index (κ2) is 6.68. The van der Waals surface area contributed by atoms with E-state index in [0.717, 1.165) is 37.6 Å². The van der Waals surface area contributed by atoms with Crippen molar-refractivity contribution in [2.75, 3.05) is 36.5 Å². The van der Waals surface area contributed by atoms with Crippen molar-refractivity contribution in [3.8, 4) is 0 Å². The van der Waals surface area contributed by atoms with Crippen molar-refractivity contribution in [3.05, 3.63) is 29.8 Å². The Hall–Kier alpha value is -0.390. The number of carbonyl (C=O) groups excluding carboxylic acids is 1. The topological polar surface area (TPSA) is 29.5 Å². The largest absolute Gasteiger partial charge is 0.378 e. The molecule has 98 valence electrons. The summed E-state index contributed by atoms with van der Waals surface area (Å²) in [7, 11) is 0. The molecule has 0 spiro atoms. The predicted octanol–water partition coefficient (Wildman–Crippen LogP) is 2.86. The van der Waals surface area contributed by atoms with Crippen LogP contribution < -0.4 is 4.90 Å². The van der Waals surface area contributed by atoms with Crippen LogP contribution in [0.15, 0.2) is 24.3 Å². The van der Waals surface area contributed by atoms with Gasteiger partial charge in [0.15, 0.2) is 5.78 Å². The number of hydrogen-bond donors (Lipinski definition) is 0. The highest BCUT2D eigenvalue weighted by Gasteiger charge is 2.16. The normalized spacial score (nSPS) is 17.6. The van der Waals surface area contributed by atoms with Crippen LogP contribution in [0, 0.1) is 0 Å². The molecule has 1 atom stereocenters. The zero-order chi connectivity index (χ0) is 13.0. The Balaban J connectivity index is 2.07. The molecule has 1 heterocycles. The minimum Gasteiger partial charge on any atom is -0.378 e. The number of benzene rings is 1. The minimum atomic E-state index is -0.160. The second-order valence-corrected chi connectivity index (χ2v) is 5.89. The molecule has 1 saturated heterocycles. The second-order valence-electron chi connectivity index (χ2n) is 4.13. The van der Waals surface area contributed by atoms with Crippen molar-refractivity contribution in [3.63, 3.8) is 0 Å². The Morgan fingerprint density at radius 2 is 1.89 bits per heavy atom. The van der Waals surface area contributed by atoms with Gasteiger partial charge in [0.2, 0.25) is 0 Å². The van der Waals surface area contributed by atoms with Gasteiger partial charge in [-0.3, -0.25) is 4.79 Å². The number of alkyl halides is 2. The van der Waals surface area contributed by atoms with Gasteiger partial charge in [-0.15, -0.1) is 0 Å². The predicted molar refractivity (Wildman–Crippen MR) is 80.3 cm³/mol. The molecule has 5 heteroatoms. The Bertz CT molecular complexity index is 402. The van der Waals surface area contributed by atoms with Crippen LogP contribution in [0.1, 0.15) is 10.4 Å². The van der Waals surface area contributed by atoms with E-state index in [4.69, 9.17) is 4.74 Å². The Morgan fingerprint density at radius 3 is 2.44 bits per heavy atom. The van der Waals surface area contributed by atoms with E-state index in [1.165, 1.54) is 0 Å². The number of nitrogens with zero attached hydrogens (tertiary/aromatic N) is 1.